The molecule has 1 aliphatic carbocycles. The van der Waals surface area contributed by atoms with Crippen LogP contribution in [0.5, 0.6) is 0 Å². The van der Waals surface area contributed by atoms with Crippen molar-refractivity contribution in [2.75, 3.05) is 26.8 Å². The third-order valence-corrected chi connectivity index (χ3v) is 9.78. The van der Waals surface area contributed by atoms with Gasteiger partial charge in [-0.15, -0.1) is 0 Å². The van der Waals surface area contributed by atoms with Gasteiger partial charge in [0.05, 0.1) is 19.2 Å². The molecule has 3 unspecified atom stereocenters. The average Bonchev–Trinajstić information content (AvgIpc) is 3.30. The molecule has 10 heteroatoms. The summed E-state index contributed by atoms with van der Waals surface area (Å²) < 4.78 is 32.5. The van der Waals surface area contributed by atoms with Crippen LogP contribution in [0.3, 0.4) is 0 Å². The van der Waals surface area contributed by atoms with E-state index >= 15 is 0 Å². The zero-order valence-electron chi connectivity index (χ0n) is 24.5. The number of rotatable bonds is 10. The zero-order chi connectivity index (χ0) is 29.4. The summed E-state index contributed by atoms with van der Waals surface area (Å²) in [5.74, 6) is -3.30. The van der Waals surface area contributed by atoms with Gasteiger partial charge in [0.25, 0.3) is 5.91 Å². The number of benzene rings is 1. The first-order valence-corrected chi connectivity index (χ1v) is 15.2. The van der Waals surface area contributed by atoms with Gasteiger partial charge >= 0.3 is 6.03 Å². The number of nitrogens with one attached hydrogen (secondary N) is 1. The van der Waals surface area contributed by atoms with Crippen molar-refractivity contribution in [1.29, 1.82) is 0 Å². The van der Waals surface area contributed by atoms with E-state index in [1.165, 1.54) is 4.90 Å². The Bertz CT molecular complexity index is 1090. The normalized spacial score (nSPS) is 29.1. The van der Waals surface area contributed by atoms with E-state index in [0.29, 0.717) is 25.9 Å². The number of fused-ring (bicyclic) bond motifs is 2. The number of amides is 4. The summed E-state index contributed by atoms with van der Waals surface area (Å²) in [6.45, 7) is 5.26. The van der Waals surface area contributed by atoms with Gasteiger partial charge in [-0.25, -0.2) is 13.6 Å². The van der Waals surface area contributed by atoms with Crippen LogP contribution in [0.4, 0.5) is 13.6 Å². The predicted octanol–water partition coefficient (Wildman–Crippen LogP) is 4.74. The molecule has 3 saturated heterocycles. The summed E-state index contributed by atoms with van der Waals surface area (Å²) >= 11 is 0. The average molecular weight is 575 g/mol. The molecule has 1 spiro atoms. The second kappa shape index (κ2) is 12.0. The number of ether oxygens (including phenoxy) is 1. The van der Waals surface area contributed by atoms with E-state index in [1.54, 1.807) is 7.11 Å². The van der Waals surface area contributed by atoms with Crippen molar-refractivity contribution in [2.45, 2.75) is 107 Å². The lowest BCUT2D eigenvalue weighted by Gasteiger charge is -2.48. The lowest BCUT2D eigenvalue weighted by Crippen LogP contribution is -2.61. The number of carbonyl (C=O) groups is 3. The first-order chi connectivity index (χ1) is 19.6. The molecular weight excluding hydrogens is 530 g/mol. The van der Waals surface area contributed by atoms with Gasteiger partial charge in [-0.05, 0) is 64.4 Å². The largest absolute Gasteiger partial charge is 0.383 e. The summed E-state index contributed by atoms with van der Waals surface area (Å²) in [7, 11) is 1.57. The Morgan fingerprint density at radius 2 is 1.66 bits per heavy atom. The molecule has 3 aliphatic heterocycles. The van der Waals surface area contributed by atoms with Crippen molar-refractivity contribution >= 4 is 17.8 Å². The number of urea groups is 1. The minimum atomic E-state index is -2.67. The first-order valence-electron chi connectivity index (χ1n) is 15.2. The van der Waals surface area contributed by atoms with Crippen LogP contribution in [0, 0.1) is 5.92 Å². The molecular formula is C31H44F2N4O4. The van der Waals surface area contributed by atoms with E-state index in [9.17, 15) is 23.2 Å². The van der Waals surface area contributed by atoms with Crippen LogP contribution in [0.25, 0.3) is 0 Å². The van der Waals surface area contributed by atoms with Crippen molar-refractivity contribution in [3.05, 3.63) is 35.9 Å². The summed E-state index contributed by atoms with van der Waals surface area (Å²) in [6, 6.07) is 9.62. The number of nitrogens with zero attached hydrogens (tertiary/aromatic N) is 3. The van der Waals surface area contributed by atoms with Crippen molar-refractivity contribution in [1.82, 2.24) is 20.0 Å². The molecule has 1 saturated carbocycles. The fourth-order valence-corrected chi connectivity index (χ4v) is 7.78. The lowest BCUT2D eigenvalue weighted by molar-refractivity contribution is -0.138. The van der Waals surface area contributed by atoms with E-state index in [2.05, 4.69) is 10.2 Å². The summed E-state index contributed by atoms with van der Waals surface area (Å²) in [5.41, 5.74) is 0.177. The SMILES string of the molecule is COCCN1C(=O)N(C(C)C)C2(CC3CCC(C2)N3CCC(NC(=O)C2CCC(F)(F)CC2)c2ccccc2)C1=O. The monoisotopic (exact) mass is 574 g/mol. The molecule has 1 aromatic carbocycles. The van der Waals surface area contributed by atoms with Gasteiger partial charge in [0, 0.05) is 50.5 Å². The Balaban J connectivity index is 1.28. The van der Waals surface area contributed by atoms with Gasteiger partial charge in [0.2, 0.25) is 11.8 Å². The van der Waals surface area contributed by atoms with Gasteiger partial charge < -0.3 is 15.0 Å². The molecule has 2 bridgehead atoms. The topological polar surface area (TPSA) is 82.2 Å². The number of carbonyl (C=O) groups excluding carboxylic acids is 3. The Morgan fingerprint density at radius 1 is 1.02 bits per heavy atom. The highest BCUT2D eigenvalue weighted by atomic mass is 19.3. The fraction of sp³-hybridized carbons (Fsp3) is 0.710. The molecule has 0 radical (unpaired) electrons. The lowest BCUT2D eigenvalue weighted by atomic mass is 9.80. The number of hydrogen-bond donors (Lipinski definition) is 1. The van der Waals surface area contributed by atoms with Gasteiger partial charge in [-0.1, -0.05) is 30.3 Å². The smallest absolute Gasteiger partial charge is 0.327 e. The zero-order valence-corrected chi connectivity index (χ0v) is 24.5. The molecule has 4 amide bonds. The molecule has 226 valence electrons. The van der Waals surface area contributed by atoms with Crippen molar-refractivity contribution in [3.8, 4) is 0 Å². The standard InChI is InChI=1S/C31H44F2N4O4/c1-21(2)37-29(40)36(17-18-41-3)28(39)30(37)19-24-9-10-25(20-30)35(24)16-13-26(22-7-5-4-6-8-22)34-27(38)23-11-14-31(32,33)15-12-23/h4-8,21,23-26H,9-20H2,1-3H3,(H,34,38). The molecule has 1 N–H and O–H groups in total. The second-order valence-corrected chi connectivity index (χ2v) is 12.6. The van der Waals surface area contributed by atoms with E-state index in [1.807, 2.05) is 49.1 Å². The summed E-state index contributed by atoms with van der Waals surface area (Å²) in [6.07, 6.45) is 3.77. The number of piperidine rings is 1. The maximum absolute atomic E-state index is 13.8. The highest BCUT2D eigenvalue weighted by Crippen LogP contribution is 2.48. The van der Waals surface area contributed by atoms with E-state index in [0.717, 1.165) is 24.9 Å². The quantitative estimate of drug-likeness (QED) is 0.408. The van der Waals surface area contributed by atoms with Gasteiger partial charge in [-0.3, -0.25) is 19.4 Å². The number of imide groups is 1. The molecule has 41 heavy (non-hydrogen) atoms. The van der Waals surface area contributed by atoms with Gasteiger partial charge in [-0.2, -0.15) is 0 Å². The number of methoxy groups -OCH3 is 1. The second-order valence-electron chi connectivity index (χ2n) is 12.6. The minimum Gasteiger partial charge on any atom is -0.383 e. The number of hydrogen-bond acceptors (Lipinski definition) is 5. The Labute approximate surface area is 241 Å². The highest BCUT2D eigenvalue weighted by molar-refractivity contribution is 6.07. The maximum Gasteiger partial charge on any atom is 0.327 e. The minimum absolute atomic E-state index is 0.0950. The maximum atomic E-state index is 13.8. The van der Waals surface area contributed by atoms with Crippen molar-refractivity contribution in [2.24, 2.45) is 5.92 Å². The fourth-order valence-electron chi connectivity index (χ4n) is 7.78. The Kier molecular flexibility index (Phi) is 8.71. The van der Waals surface area contributed by atoms with Crippen LogP contribution >= 0.6 is 0 Å². The molecule has 0 aromatic heterocycles. The van der Waals surface area contributed by atoms with Gasteiger partial charge in [0.15, 0.2) is 0 Å². The van der Waals surface area contributed by atoms with E-state index < -0.39 is 11.5 Å². The Hall–Kier alpha value is -2.59. The van der Waals surface area contributed by atoms with Crippen LogP contribution < -0.4 is 5.32 Å². The molecule has 5 rings (SSSR count). The molecule has 1 aromatic rings. The van der Waals surface area contributed by atoms with Gasteiger partial charge in [0.1, 0.15) is 5.54 Å². The molecule has 3 atom stereocenters. The predicted molar refractivity (Wildman–Crippen MR) is 150 cm³/mol. The molecule has 8 nitrogen and oxygen atoms in total. The highest BCUT2D eigenvalue weighted by Gasteiger charge is 2.63. The molecule has 4 aliphatic rings. The number of alkyl halides is 2. The molecule has 4 fully saturated rings. The van der Waals surface area contributed by atoms with Crippen LogP contribution in [0.15, 0.2) is 30.3 Å². The van der Waals surface area contributed by atoms with Crippen LogP contribution in [0.2, 0.25) is 0 Å². The van der Waals surface area contributed by atoms with E-state index in [4.69, 9.17) is 4.74 Å². The first kappa shape index (κ1) is 29.9. The molecule has 3 heterocycles. The summed E-state index contributed by atoms with van der Waals surface area (Å²) in [4.78, 5) is 46.0. The third kappa shape index (κ3) is 5.87. The third-order valence-electron chi connectivity index (χ3n) is 9.78. The van der Waals surface area contributed by atoms with E-state index in [-0.39, 0.29) is 80.2 Å². The van der Waals surface area contributed by atoms with Crippen LogP contribution in [-0.4, -0.2) is 88.9 Å². The van der Waals surface area contributed by atoms with Crippen molar-refractivity contribution in [3.63, 3.8) is 0 Å². The van der Waals surface area contributed by atoms with Crippen molar-refractivity contribution < 1.29 is 27.9 Å². The summed E-state index contributed by atoms with van der Waals surface area (Å²) in [5, 5.41) is 3.19. The van der Waals surface area contributed by atoms with Crippen LogP contribution in [0.1, 0.15) is 83.2 Å². The number of halogens is 2. The van der Waals surface area contributed by atoms with Crippen LogP contribution in [-0.2, 0) is 14.3 Å². The Morgan fingerprint density at radius 3 is 2.24 bits per heavy atom.